The van der Waals surface area contributed by atoms with E-state index >= 15 is 0 Å². The SMILES string of the molecule is C=CCN(C(C)C)C(C)CCCNCCC. The fraction of sp³-hybridized carbons (Fsp3) is 0.857. The zero-order valence-electron chi connectivity index (χ0n) is 11.6. The normalized spacial score (nSPS) is 13.4. The van der Waals surface area contributed by atoms with Gasteiger partial charge in [0.25, 0.3) is 0 Å². The van der Waals surface area contributed by atoms with E-state index in [4.69, 9.17) is 0 Å². The second kappa shape index (κ2) is 9.86. The van der Waals surface area contributed by atoms with Crippen LogP contribution in [-0.4, -0.2) is 36.6 Å². The Kier molecular flexibility index (Phi) is 9.65. The van der Waals surface area contributed by atoms with Crippen LogP contribution < -0.4 is 5.32 Å². The Bertz CT molecular complexity index is 166. The largest absolute Gasteiger partial charge is 0.317 e. The van der Waals surface area contributed by atoms with Crippen LogP contribution in [0.3, 0.4) is 0 Å². The lowest BCUT2D eigenvalue weighted by Gasteiger charge is -2.31. The van der Waals surface area contributed by atoms with Crippen molar-refractivity contribution in [2.45, 2.75) is 59.0 Å². The summed E-state index contributed by atoms with van der Waals surface area (Å²) in [7, 11) is 0. The van der Waals surface area contributed by atoms with Crippen molar-refractivity contribution < 1.29 is 0 Å². The standard InChI is InChI=1S/C14H30N2/c1-6-10-15-11-8-9-14(5)16(12-7-2)13(3)4/h7,13-15H,2,6,8-12H2,1,3-5H3. The van der Waals surface area contributed by atoms with Gasteiger partial charge in [-0.15, -0.1) is 6.58 Å². The van der Waals surface area contributed by atoms with Crippen LogP contribution in [0.2, 0.25) is 0 Å². The molecule has 0 amide bonds. The molecule has 0 aliphatic rings. The minimum absolute atomic E-state index is 0.608. The molecule has 0 rings (SSSR count). The molecule has 0 heterocycles. The smallest absolute Gasteiger partial charge is 0.0166 e. The lowest BCUT2D eigenvalue weighted by Crippen LogP contribution is -2.39. The first-order valence-corrected chi connectivity index (χ1v) is 6.70. The molecular formula is C14H30N2. The second-order valence-electron chi connectivity index (χ2n) is 4.82. The van der Waals surface area contributed by atoms with Gasteiger partial charge in [-0.1, -0.05) is 13.0 Å². The van der Waals surface area contributed by atoms with E-state index < -0.39 is 0 Å². The molecule has 0 bridgehead atoms. The first kappa shape index (κ1) is 15.7. The Hall–Kier alpha value is -0.340. The predicted octanol–water partition coefficient (Wildman–Crippen LogP) is 3.05. The van der Waals surface area contributed by atoms with Gasteiger partial charge < -0.3 is 5.32 Å². The molecule has 0 saturated carbocycles. The number of hydrogen-bond acceptors (Lipinski definition) is 2. The van der Waals surface area contributed by atoms with Crippen molar-refractivity contribution in [2.24, 2.45) is 0 Å². The molecule has 0 aromatic carbocycles. The van der Waals surface area contributed by atoms with Crippen molar-refractivity contribution in [3.8, 4) is 0 Å². The fourth-order valence-corrected chi connectivity index (χ4v) is 2.04. The van der Waals surface area contributed by atoms with E-state index in [0.29, 0.717) is 12.1 Å². The molecule has 1 unspecified atom stereocenters. The Morgan fingerprint density at radius 3 is 2.44 bits per heavy atom. The molecule has 0 aliphatic carbocycles. The molecule has 1 atom stereocenters. The number of nitrogens with zero attached hydrogens (tertiary/aromatic N) is 1. The van der Waals surface area contributed by atoms with Crippen LogP contribution in [0.4, 0.5) is 0 Å². The number of hydrogen-bond donors (Lipinski definition) is 1. The summed E-state index contributed by atoms with van der Waals surface area (Å²) in [5, 5.41) is 3.45. The summed E-state index contributed by atoms with van der Waals surface area (Å²) in [6.45, 7) is 16.2. The van der Waals surface area contributed by atoms with Gasteiger partial charge in [0, 0.05) is 18.6 Å². The lowest BCUT2D eigenvalue weighted by atomic mass is 10.1. The van der Waals surface area contributed by atoms with E-state index in [0.717, 1.165) is 19.6 Å². The summed E-state index contributed by atoms with van der Waals surface area (Å²) in [4.78, 5) is 2.51. The molecule has 0 aromatic heterocycles. The first-order valence-electron chi connectivity index (χ1n) is 6.70. The maximum atomic E-state index is 3.83. The number of rotatable bonds is 10. The molecule has 2 nitrogen and oxygen atoms in total. The Balaban J connectivity index is 3.73. The summed E-state index contributed by atoms with van der Waals surface area (Å²) in [5.41, 5.74) is 0. The van der Waals surface area contributed by atoms with Gasteiger partial charge in [0.05, 0.1) is 0 Å². The van der Waals surface area contributed by atoms with Crippen molar-refractivity contribution in [3.63, 3.8) is 0 Å². The highest BCUT2D eigenvalue weighted by Crippen LogP contribution is 2.10. The van der Waals surface area contributed by atoms with Crippen molar-refractivity contribution in [1.82, 2.24) is 10.2 Å². The van der Waals surface area contributed by atoms with Crippen LogP contribution in [0.5, 0.6) is 0 Å². The molecule has 0 fully saturated rings. The van der Waals surface area contributed by atoms with Gasteiger partial charge in [0.2, 0.25) is 0 Å². The van der Waals surface area contributed by atoms with Gasteiger partial charge in [0.15, 0.2) is 0 Å². The summed E-state index contributed by atoms with van der Waals surface area (Å²) < 4.78 is 0. The highest BCUT2D eigenvalue weighted by molar-refractivity contribution is 4.79. The molecule has 0 aromatic rings. The molecule has 1 N–H and O–H groups in total. The van der Waals surface area contributed by atoms with Gasteiger partial charge in [-0.05, 0) is 53.1 Å². The highest BCUT2D eigenvalue weighted by atomic mass is 15.2. The summed E-state index contributed by atoms with van der Waals surface area (Å²) in [5.74, 6) is 0. The molecule has 0 saturated heterocycles. The first-order chi connectivity index (χ1) is 7.63. The summed E-state index contributed by atoms with van der Waals surface area (Å²) in [6, 6.07) is 1.26. The van der Waals surface area contributed by atoms with Gasteiger partial charge in [-0.25, -0.2) is 0 Å². The van der Waals surface area contributed by atoms with E-state index in [-0.39, 0.29) is 0 Å². The Morgan fingerprint density at radius 1 is 1.25 bits per heavy atom. The zero-order valence-corrected chi connectivity index (χ0v) is 11.6. The van der Waals surface area contributed by atoms with Crippen molar-refractivity contribution in [3.05, 3.63) is 12.7 Å². The third kappa shape index (κ3) is 7.02. The minimum atomic E-state index is 0.608. The molecule has 96 valence electrons. The third-order valence-electron chi connectivity index (χ3n) is 2.97. The van der Waals surface area contributed by atoms with Crippen LogP contribution in [0.15, 0.2) is 12.7 Å². The highest BCUT2D eigenvalue weighted by Gasteiger charge is 2.14. The van der Waals surface area contributed by atoms with Crippen molar-refractivity contribution >= 4 is 0 Å². The van der Waals surface area contributed by atoms with Gasteiger partial charge in [-0.3, -0.25) is 4.90 Å². The lowest BCUT2D eigenvalue weighted by molar-refractivity contribution is 0.173. The molecule has 2 heteroatoms. The zero-order chi connectivity index (χ0) is 12.4. The van der Waals surface area contributed by atoms with Crippen LogP contribution in [0.25, 0.3) is 0 Å². The maximum absolute atomic E-state index is 3.83. The van der Waals surface area contributed by atoms with E-state index in [1.807, 2.05) is 6.08 Å². The van der Waals surface area contributed by atoms with E-state index in [1.54, 1.807) is 0 Å². The van der Waals surface area contributed by atoms with E-state index in [1.165, 1.54) is 19.3 Å². The number of nitrogens with one attached hydrogen (secondary N) is 1. The second-order valence-corrected chi connectivity index (χ2v) is 4.82. The molecular weight excluding hydrogens is 196 g/mol. The monoisotopic (exact) mass is 226 g/mol. The average molecular weight is 226 g/mol. The van der Waals surface area contributed by atoms with Crippen LogP contribution in [-0.2, 0) is 0 Å². The quantitative estimate of drug-likeness (QED) is 0.455. The fourth-order valence-electron chi connectivity index (χ4n) is 2.04. The minimum Gasteiger partial charge on any atom is -0.317 e. The third-order valence-corrected chi connectivity index (χ3v) is 2.97. The van der Waals surface area contributed by atoms with Crippen LogP contribution >= 0.6 is 0 Å². The molecule has 0 radical (unpaired) electrons. The van der Waals surface area contributed by atoms with Gasteiger partial charge in [0.1, 0.15) is 0 Å². The van der Waals surface area contributed by atoms with Gasteiger partial charge in [-0.2, -0.15) is 0 Å². The van der Waals surface area contributed by atoms with Gasteiger partial charge >= 0.3 is 0 Å². The van der Waals surface area contributed by atoms with Crippen molar-refractivity contribution in [2.75, 3.05) is 19.6 Å². The van der Waals surface area contributed by atoms with Crippen molar-refractivity contribution in [1.29, 1.82) is 0 Å². The average Bonchev–Trinajstić information content (AvgIpc) is 2.24. The predicted molar refractivity (Wildman–Crippen MR) is 73.9 cm³/mol. The summed E-state index contributed by atoms with van der Waals surface area (Å²) >= 11 is 0. The summed E-state index contributed by atoms with van der Waals surface area (Å²) in [6.07, 6.45) is 5.76. The molecule has 0 spiro atoms. The van der Waals surface area contributed by atoms with Crippen LogP contribution in [0, 0.1) is 0 Å². The maximum Gasteiger partial charge on any atom is 0.0166 e. The molecule has 16 heavy (non-hydrogen) atoms. The Labute approximate surface area is 102 Å². The molecule has 0 aliphatic heterocycles. The van der Waals surface area contributed by atoms with E-state index in [9.17, 15) is 0 Å². The Morgan fingerprint density at radius 2 is 1.94 bits per heavy atom. The topological polar surface area (TPSA) is 15.3 Å². The van der Waals surface area contributed by atoms with Crippen LogP contribution in [0.1, 0.15) is 47.0 Å². The van der Waals surface area contributed by atoms with E-state index in [2.05, 4.69) is 44.5 Å².